The SMILES string of the molecule is CCCCCCCCCCCCCCCC/C=C\OC[C@@H](O)COP(=O)([O-])OCCNC(=O)CCCCCCCCCCCCCCC. The second-order valence-electron chi connectivity index (χ2n) is 13.7. The normalized spacial score (nSPS) is 13.6. The number of aliphatic hydroxyl groups excluding tert-OH is 1. The van der Waals surface area contributed by atoms with Crippen LogP contribution >= 0.6 is 7.82 Å². The van der Waals surface area contributed by atoms with Crippen LogP contribution in [-0.2, 0) is 23.1 Å². The van der Waals surface area contributed by atoms with E-state index in [1.165, 1.54) is 148 Å². The molecule has 48 heavy (non-hydrogen) atoms. The highest BCUT2D eigenvalue weighted by molar-refractivity contribution is 7.45. The first kappa shape index (κ1) is 47.1. The Balaban J connectivity index is 3.52. The van der Waals surface area contributed by atoms with E-state index in [9.17, 15) is 19.4 Å². The van der Waals surface area contributed by atoms with Crippen molar-refractivity contribution in [2.24, 2.45) is 0 Å². The molecule has 9 heteroatoms. The number of nitrogens with one attached hydrogen (secondary N) is 1. The molecular weight excluding hydrogens is 625 g/mol. The third-order valence-electron chi connectivity index (χ3n) is 8.81. The Labute approximate surface area is 296 Å². The minimum atomic E-state index is -4.57. The van der Waals surface area contributed by atoms with Crippen LogP contribution in [0, 0.1) is 0 Å². The van der Waals surface area contributed by atoms with E-state index < -0.39 is 20.5 Å². The molecule has 0 aromatic rings. The predicted octanol–water partition coefficient (Wildman–Crippen LogP) is 10.8. The number of aliphatic hydroxyl groups is 1. The topological polar surface area (TPSA) is 117 Å². The number of carbonyl (C=O) groups excluding carboxylic acids is 1. The lowest BCUT2D eigenvalue weighted by Gasteiger charge is -2.24. The van der Waals surface area contributed by atoms with Crippen molar-refractivity contribution in [3.8, 4) is 0 Å². The molecule has 1 unspecified atom stereocenters. The van der Waals surface area contributed by atoms with Gasteiger partial charge >= 0.3 is 0 Å². The summed E-state index contributed by atoms with van der Waals surface area (Å²) >= 11 is 0. The number of amides is 1. The number of allylic oxidation sites excluding steroid dienone is 1. The van der Waals surface area contributed by atoms with Crippen molar-refractivity contribution in [3.63, 3.8) is 0 Å². The first-order valence-electron chi connectivity index (χ1n) is 20.2. The molecule has 1 amide bonds. The first-order chi connectivity index (χ1) is 23.4. The fraction of sp³-hybridized carbons (Fsp3) is 0.923. The Hall–Kier alpha value is -0.920. The second kappa shape index (κ2) is 37.3. The first-order valence-corrected chi connectivity index (χ1v) is 21.7. The highest BCUT2D eigenvalue weighted by Gasteiger charge is 2.13. The van der Waals surface area contributed by atoms with E-state index in [-0.39, 0.29) is 25.7 Å². The van der Waals surface area contributed by atoms with Crippen molar-refractivity contribution in [1.29, 1.82) is 0 Å². The number of rotatable bonds is 39. The molecule has 0 rings (SSSR count). The Kier molecular flexibility index (Phi) is 36.6. The summed E-state index contributed by atoms with van der Waals surface area (Å²) in [6.45, 7) is 3.88. The standard InChI is InChI=1S/C39H78NO7P/c1-3-5-7-9-11-13-15-17-18-19-21-23-25-27-29-31-34-45-36-38(41)37-47-48(43,44)46-35-33-40-39(42)32-30-28-26-24-22-20-16-14-12-10-8-6-4-2/h31,34,38,41H,3-30,32-33,35-37H2,1-2H3,(H,40,42)(H,43,44)/p-1/b34-31-/t38-/m1/s1. The molecule has 0 heterocycles. The minimum Gasteiger partial charge on any atom is -0.756 e. The Morgan fingerprint density at radius 3 is 1.52 bits per heavy atom. The average Bonchev–Trinajstić information content (AvgIpc) is 3.07. The number of ether oxygens (including phenoxy) is 1. The van der Waals surface area contributed by atoms with Crippen molar-refractivity contribution < 1.29 is 33.1 Å². The quantitative estimate of drug-likeness (QED) is 0.0372. The smallest absolute Gasteiger partial charge is 0.268 e. The third kappa shape index (κ3) is 37.9. The molecule has 0 radical (unpaired) electrons. The molecule has 2 atom stereocenters. The molecule has 0 aliphatic heterocycles. The van der Waals surface area contributed by atoms with E-state index in [0.29, 0.717) is 6.42 Å². The summed E-state index contributed by atoms with van der Waals surface area (Å²) in [6.07, 6.45) is 38.8. The molecule has 0 aromatic heterocycles. The number of carbonyl (C=O) groups is 1. The van der Waals surface area contributed by atoms with Crippen LogP contribution in [0.15, 0.2) is 12.3 Å². The molecule has 0 aromatic carbocycles. The van der Waals surface area contributed by atoms with E-state index in [1.807, 2.05) is 6.08 Å². The van der Waals surface area contributed by atoms with E-state index in [4.69, 9.17) is 13.8 Å². The van der Waals surface area contributed by atoms with Gasteiger partial charge in [0.2, 0.25) is 5.91 Å². The minimum absolute atomic E-state index is 0.0650. The number of unbranched alkanes of at least 4 members (excludes halogenated alkanes) is 26. The maximum Gasteiger partial charge on any atom is 0.268 e. The van der Waals surface area contributed by atoms with Crippen LogP contribution in [0.25, 0.3) is 0 Å². The fourth-order valence-corrected chi connectivity index (χ4v) is 6.51. The summed E-state index contributed by atoms with van der Waals surface area (Å²) in [7, 11) is -4.57. The van der Waals surface area contributed by atoms with E-state index in [1.54, 1.807) is 6.26 Å². The summed E-state index contributed by atoms with van der Waals surface area (Å²) in [5.74, 6) is -0.103. The molecule has 0 bridgehead atoms. The van der Waals surface area contributed by atoms with Gasteiger partial charge in [0.1, 0.15) is 12.7 Å². The zero-order valence-electron chi connectivity index (χ0n) is 31.4. The summed E-state index contributed by atoms with van der Waals surface area (Å²) in [5.41, 5.74) is 0. The van der Waals surface area contributed by atoms with Gasteiger partial charge in [0.05, 0.1) is 19.5 Å². The molecule has 286 valence electrons. The Morgan fingerprint density at radius 2 is 1.06 bits per heavy atom. The van der Waals surface area contributed by atoms with Gasteiger partial charge in [-0.15, -0.1) is 0 Å². The molecule has 8 nitrogen and oxygen atoms in total. The highest BCUT2D eigenvalue weighted by Crippen LogP contribution is 2.37. The summed E-state index contributed by atoms with van der Waals surface area (Å²) in [4.78, 5) is 23.9. The lowest BCUT2D eigenvalue weighted by atomic mass is 10.0. The van der Waals surface area contributed by atoms with Crippen LogP contribution in [-0.4, -0.2) is 43.5 Å². The third-order valence-corrected chi connectivity index (χ3v) is 9.78. The van der Waals surface area contributed by atoms with Crippen molar-refractivity contribution in [3.05, 3.63) is 12.3 Å². The van der Waals surface area contributed by atoms with Crippen LogP contribution in [0.3, 0.4) is 0 Å². The molecule has 0 saturated heterocycles. The van der Waals surface area contributed by atoms with E-state index in [0.717, 1.165) is 32.1 Å². The Morgan fingerprint density at radius 1 is 0.646 bits per heavy atom. The molecular formula is C39H77NO7P-. The van der Waals surface area contributed by atoms with Gasteiger partial charge in [0, 0.05) is 13.0 Å². The van der Waals surface area contributed by atoms with E-state index >= 15 is 0 Å². The number of phosphoric ester groups is 1. The molecule has 0 aliphatic carbocycles. The number of phosphoric acid groups is 1. The summed E-state index contributed by atoms with van der Waals surface area (Å²) in [6, 6.07) is 0. The predicted molar refractivity (Wildman–Crippen MR) is 199 cm³/mol. The molecule has 0 spiro atoms. The van der Waals surface area contributed by atoms with Crippen LogP contribution in [0.2, 0.25) is 0 Å². The highest BCUT2D eigenvalue weighted by atomic mass is 31.2. The van der Waals surface area contributed by atoms with Crippen molar-refractivity contribution >= 4 is 13.7 Å². The zero-order chi connectivity index (χ0) is 35.2. The lowest BCUT2D eigenvalue weighted by Crippen LogP contribution is -2.28. The van der Waals surface area contributed by atoms with Gasteiger partial charge in [-0.05, 0) is 25.3 Å². The lowest BCUT2D eigenvalue weighted by molar-refractivity contribution is -0.227. The molecule has 0 saturated carbocycles. The van der Waals surface area contributed by atoms with Gasteiger partial charge in [0.25, 0.3) is 7.82 Å². The van der Waals surface area contributed by atoms with Gasteiger partial charge in [0.15, 0.2) is 0 Å². The maximum atomic E-state index is 12.0. The Bertz CT molecular complexity index is 752. The largest absolute Gasteiger partial charge is 0.756 e. The number of hydrogen-bond acceptors (Lipinski definition) is 7. The summed E-state index contributed by atoms with van der Waals surface area (Å²) < 4.78 is 26.8. The van der Waals surface area contributed by atoms with Crippen molar-refractivity contribution in [1.82, 2.24) is 5.32 Å². The maximum absolute atomic E-state index is 12.0. The second-order valence-corrected chi connectivity index (χ2v) is 15.1. The van der Waals surface area contributed by atoms with Crippen molar-refractivity contribution in [2.75, 3.05) is 26.4 Å². The summed E-state index contributed by atoms with van der Waals surface area (Å²) in [5, 5.41) is 12.6. The van der Waals surface area contributed by atoms with E-state index in [2.05, 4.69) is 19.2 Å². The molecule has 0 aliphatic rings. The molecule has 2 N–H and O–H groups in total. The van der Waals surface area contributed by atoms with Crippen LogP contribution < -0.4 is 10.2 Å². The number of hydrogen-bond donors (Lipinski definition) is 2. The van der Waals surface area contributed by atoms with Gasteiger partial charge in [-0.2, -0.15) is 0 Å². The van der Waals surface area contributed by atoms with Crippen LogP contribution in [0.1, 0.15) is 200 Å². The monoisotopic (exact) mass is 703 g/mol. The van der Waals surface area contributed by atoms with Gasteiger partial charge in [-0.3, -0.25) is 9.36 Å². The van der Waals surface area contributed by atoms with Gasteiger partial charge < -0.3 is 29.1 Å². The van der Waals surface area contributed by atoms with Crippen molar-refractivity contribution in [2.45, 2.75) is 206 Å². The molecule has 0 fully saturated rings. The van der Waals surface area contributed by atoms with Crippen LogP contribution in [0.4, 0.5) is 0 Å². The van der Waals surface area contributed by atoms with Gasteiger partial charge in [-0.1, -0.05) is 174 Å². The van der Waals surface area contributed by atoms with Gasteiger partial charge in [-0.25, -0.2) is 0 Å². The van der Waals surface area contributed by atoms with Crippen LogP contribution in [0.5, 0.6) is 0 Å². The zero-order valence-corrected chi connectivity index (χ0v) is 32.3. The average molecular weight is 703 g/mol. The fourth-order valence-electron chi connectivity index (χ4n) is 5.76.